The minimum atomic E-state index is -0.419. The van der Waals surface area contributed by atoms with E-state index in [1.807, 2.05) is 6.92 Å². The maximum atomic E-state index is 13.0. The zero-order chi connectivity index (χ0) is 15.4. The maximum absolute atomic E-state index is 13.0. The van der Waals surface area contributed by atoms with Crippen molar-refractivity contribution in [3.8, 4) is 0 Å². The number of rotatable bonds is 4. The number of nitrogens with one attached hydrogen (secondary N) is 1. The van der Waals surface area contributed by atoms with E-state index in [4.69, 9.17) is 10.5 Å². The normalized spacial score (nSPS) is 21.0. The van der Waals surface area contributed by atoms with Gasteiger partial charge in [0.25, 0.3) is 0 Å². The van der Waals surface area contributed by atoms with E-state index in [0.29, 0.717) is 12.3 Å². The van der Waals surface area contributed by atoms with Gasteiger partial charge in [-0.15, -0.1) is 0 Å². The summed E-state index contributed by atoms with van der Waals surface area (Å²) in [6, 6.07) is 3.66. The minimum absolute atomic E-state index is 0.148. The number of nitrogens with zero attached hydrogens (tertiary/aromatic N) is 1. The van der Waals surface area contributed by atoms with Gasteiger partial charge in [0.2, 0.25) is 5.91 Å². The van der Waals surface area contributed by atoms with Crippen LogP contribution in [-0.2, 0) is 9.53 Å². The van der Waals surface area contributed by atoms with Crippen LogP contribution in [0.4, 0.5) is 15.8 Å². The SMILES string of the molecule is CCC1CN(C(C)C(=O)Nc2ccc(F)cc2N)CCO1. The Morgan fingerprint density at radius 1 is 1.62 bits per heavy atom. The van der Waals surface area contributed by atoms with Gasteiger partial charge in [0.05, 0.1) is 30.1 Å². The third-order valence-electron chi connectivity index (χ3n) is 3.82. The molecule has 2 rings (SSSR count). The van der Waals surface area contributed by atoms with Gasteiger partial charge in [-0.25, -0.2) is 4.39 Å². The first-order valence-electron chi connectivity index (χ1n) is 7.22. The summed E-state index contributed by atoms with van der Waals surface area (Å²) in [5.41, 5.74) is 6.37. The molecule has 21 heavy (non-hydrogen) atoms. The number of ether oxygens (including phenoxy) is 1. The van der Waals surface area contributed by atoms with Gasteiger partial charge in [-0.1, -0.05) is 6.92 Å². The van der Waals surface area contributed by atoms with Crippen LogP contribution in [0.5, 0.6) is 0 Å². The smallest absolute Gasteiger partial charge is 0.241 e. The van der Waals surface area contributed by atoms with Crippen LogP contribution in [0.2, 0.25) is 0 Å². The zero-order valence-corrected chi connectivity index (χ0v) is 12.4. The Hall–Kier alpha value is -1.66. The average Bonchev–Trinajstić information content (AvgIpc) is 2.49. The van der Waals surface area contributed by atoms with Gasteiger partial charge in [-0.2, -0.15) is 0 Å². The molecular formula is C15H22FN3O2. The number of carbonyl (C=O) groups is 1. The molecule has 1 aromatic rings. The van der Waals surface area contributed by atoms with E-state index in [-0.39, 0.29) is 23.7 Å². The van der Waals surface area contributed by atoms with Crippen molar-refractivity contribution in [3.05, 3.63) is 24.0 Å². The van der Waals surface area contributed by atoms with Gasteiger partial charge >= 0.3 is 0 Å². The van der Waals surface area contributed by atoms with E-state index < -0.39 is 5.82 Å². The highest BCUT2D eigenvalue weighted by Gasteiger charge is 2.27. The number of hydrogen-bond acceptors (Lipinski definition) is 4. The Bertz CT molecular complexity index is 510. The molecule has 116 valence electrons. The van der Waals surface area contributed by atoms with Crippen LogP contribution < -0.4 is 11.1 Å². The number of anilines is 2. The summed E-state index contributed by atoms with van der Waals surface area (Å²) >= 11 is 0. The summed E-state index contributed by atoms with van der Waals surface area (Å²) in [7, 11) is 0. The molecule has 0 saturated carbocycles. The van der Waals surface area contributed by atoms with Gasteiger partial charge in [-0.05, 0) is 31.5 Å². The first-order chi connectivity index (χ1) is 10.0. The molecule has 3 N–H and O–H groups in total. The molecule has 0 bridgehead atoms. The van der Waals surface area contributed by atoms with Crippen LogP contribution >= 0.6 is 0 Å². The Labute approximate surface area is 124 Å². The molecular weight excluding hydrogens is 273 g/mol. The first kappa shape index (κ1) is 15.7. The molecule has 1 amide bonds. The lowest BCUT2D eigenvalue weighted by Crippen LogP contribution is -2.50. The number of halogens is 1. The number of nitrogens with two attached hydrogens (primary N) is 1. The third-order valence-corrected chi connectivity index (χ3v) is 3.82. The van der Waals surface area contributed by atoms with Crippen molar-refractivity contribution in [1.29, 1.82) is 0 Å². The summed E-state index contributed by atoms with van der Waals surface area (Å²) in [6.07, 6.45) is 1.10. The van der Waals surface area contributed by atoms with E-state index in [9.17, 15) is 9.18 Å². The number of morpholine rings is 1. The molecule has 6 heteroatoms. The van der Waals surface area contributed by atoms with Crippen molar-refractivity contribution < 1.29 is 13.9 Å². The molecule has 1 saturated heterocycles. The monoisotopic (exact) mass is 295 g/mol. The fourth-order valence-electron chi connectivity index (χ4n) is 2.39. The van der Waals surface area contributed by atoms with Crippen LogP contribution in [0, 0.1) is 5.82 Å². The second kappa shape index (κ2) is 6.87. The second-order valence-corrected chi connectivity index (χ2v) is 5.29. The summed E-state index contributed by atoms with van der Waals surface area (Å²) in [4.78, 5) is 14.4. The molecule has 1 aliphatic rings. The fourth-order valence-corrected chi connectivity index (χ4v) is 2.39. The number of amides is 1. The molecule has 0 radical (unpaired) electrons. The summed E-state index contributed by atoms with van der Waals surface area (Å²) < 4.78 is 18.6. The van der Waals surface area contributed by atoms with Crippen LogP contribution in [0.15, 0.2) is 18.2 Å². The van der Waals surface area contributed by atoms with Crippen molar-refractivity contribution in [2.24, 2.45) is 0 Å². The Morgan fingerprint density at radius 3 is 3.05 bits per heavy atom. The summed E-state index contributed by atoms with van der Waals surface area (Å²) in [5, 5.41) is 2.75. The molecule has 5 nitrogen and oxygen atoms in total. The fraction of sp³-hybridized carbons (Fsp3) is 0.533. The molecule has 0 spiro atoms. The predicted octanol–water partition coefficient (Wildman–Crippen LogP) is 1.85. The van der Waals surface area contributed by atoms with Crippen molar-refractivity contribution in [2.45, 2.75) is 32.4 Å². The second-order valence-electron chi connectivity index (χ2n) is 5.29. The summed E-state index contributed by atoms with van der Waals surface area (Å²) in [5.74, 6) is -0.567. The average molecular weight is 295 g/mol. The lowest BCUT2D eigenvalue weighted by Gasteiger charge is -2.35. The van der Waals surface area contributed by atoms with E-state index in [0.717, 1.165) is 19.5 Å². The van der Waals surface area contributed by atoms with Crippen LogP contribution in [0.25, 0.3) is 0 Å². The quantitative estimate of drug-likeness (QED) is 0.832. The van der Waals surface area contributed by atoms with E-state index in [2.05, 4.69) is 17.1 Å². The predicted molar refractivity (Wildman–Crippen MR) is 80.5 cm³/mol. The third kappa shape index (κ3) is 3.92. The van der Waals surface area contributed by atoms with Gasteiger partial charge < -0.3 is 15.8 Å². The molecule has 1 fully saturated rings. The Balaban J connectivity index is 1.99. The number of nitrogen functional groups attached to an aromatic ring is 1. The molecule has 2 unspecified atom stereocenters. The van der Waals surface area contributed by atoms with Crippen molar-refractivity contribution in [1.82, 2.24) is 4.90 Å². The number of hydrogen-bond donors (Lipinski definition) is 2. The number of carbonyl (C=O) groups excluding carboxylic acids is 1. The van der Waals surface area contributed by atoms with Gasteiger partial charge in [-0.3, -0.25) is 9.69 Å². The van der Waals surface area contributed by atoms with Crippen molar-refractivity contribution in [3.63, 3.8) is 0 Å². The molecule has 0 aliphatic carbocycles. The van der Waals surface area contributed by atoms with Crippen LogP contribution in [0.3, 0.4) is 0 Å². The number of benzene rings is 1. The largest absolute Gasteiger partial charge is 0.397 e. The molecule has 2 atom stereocenters. The molecule has 1 aliphatic heterocycles. The lowest BCUT2D eigenvalue weighted by atomic mass is 10.1. The van der Waals surface area contributed by atoms with Crippen molar-refractivity contribution in [2.75, 3.05) is 30.7 Å². The Morgan fingerprint density at radius 2 is 2.38 bits per heavy atom. The van der Waals surface area contributed by atoms with Gasteiger partial charge in [0.15, 0.2) is 0 Å². The van der Waals surface area contributed by atoms with Gasteiger partial charge in [0, 0.05) is 13.1 Å². The zero-order valence-electron chi connectivity index (χ0n) is 12.4. The highest BCUT2D eigenvalue weighted by atomic mass is 19.1. The first-order valence-corrected chi connectivity index (χ1v) is 7.22. The Kier molecular flexibility index (Phi) is 5.14. The van der Waals surface area contributed by atoms with E-state index >= 15 is 0 Å². The lowest BCUT2D eigenvalue weighted by molar-refractivity contribution is -0.124. The van der Waals surface area contributed by atoms with Crippen LogP contribution in [-0.4, -0.2) is 42.6 Å². The topological polar surface area (TPSA) is 67.6 Å². The molecule has 1 aromatic carbocycles. The standard InChI is InChI=1S/C15H22FN3O2/c1-3-12-9-19(6-7-21-12)10(2)15(20)18-14-5-4-11(16)8-13(14)17/h4-5,8,10,12H,3,6-7,9,17H2,1-2H3,(H,18,20). The maximum Gasteiger partial charge on any atom is 0.241 e. The summed E-state index contributed by atoms with van der Waals surface area (Å²) in [6.45, 7) is 6.02. The van der Waals surface area contributed by atoms with E-state index in [1.165, 1.54) is 18.2 Å². The highest BCUT2D eigenvalue weighted by molar-refractivity contribution is 5.97. The van der Waals surface area contributed by atoms with Crippen molar-refractivity contribution >= 4 is 17.3 Å². The van der Waals surface area contributed by atoms with Gasteiger partial charge in [0.1, 0.15) is 5.82 Å². The van der Waals surface area contributed by atoms with Crippen LogP contribution in [0.1, 0.15) is 20.3 Å². The highest BCUT2D eigenvalue weighted by Crippen LogP contribution is 2.20. The van der Waals surface area contributed by atoms with E-state index in [1.54, 1.807) is 0 Å². The molecule has 1 heterocycles. The minimum Gasteiger partial charge on any atom is -0.397 e. The molecule has 0 aromatic heterocycles.